The molecule has 1 unspecified atom stereocenters. The molecule has 0 heterocycles. The fraction of sp³-hybridized carbons (Fsp3) is 0.257. The molecule has 0 saturated carbocycles. The van der Waals surface area contributed by atoms with Gasteiger partial charge in [-0.1, -0.05) is 76.6 Å². The average Bonchev–Trinajstić information content (AvgIpc) is 3.01. The highest BCUT2D eigenvalue weighted by Gasteiger charge is 2.35. The number of carbonyl (C=O) groups excluding carboxylic acids is 2. The normalized spacial score (nSPS) is 12.2. The van der Waals surface area contributed by atoms with Crippen LogP contribution in [0.1, 0.15) is 31.9 Å². The van der Waals surface area contributed by atoms with Crippen molar-refractivity contribution in [3.63, 3.8) is 0 Å². The second-order valence-electron chi connectivity index (χ2n) is 11.6. The zero-order valence-corrected chi connectivity index (χ0v) is 28.2. The molecule has 1 atom stereocenters. The highest BCUT2D eigenvalue weighted by Crippen LogP contribution is 2.26. The van der Waals surface area contributed by atoms with Gasteiger partial charge in [-0.25, -0.2) is 8.42 Å². The molecule has 4 aromatic carbocycles. The lowest BCUT2D eigenvalue weighted by Crippen LogP contribution is -2.56. The number of benzene rings is 4. The van der Waals surface area contributed by atoms with E-state index in [4.69, 9.17) is 4.74 Å². The number of hydrogen-bond acceptors (Lipinski definition) is 5. The van der Waals surface area contributed by atoms with Crippen LogP contribution in [0.5, 0.6) is 5.75 Å². The minimum atomic E-state index is -4.20. The zero-order chi connectivity index (χ0) is 32.6. The van der Waals surface area contributed by atoms with E-state index in [2.05, 4.69) is 21.2 Å². The summed E-state index contributed by atoms with van der Waals surface area (Å²) in [5, 5.41) is 3.04. The topological polar surface area (TPSA) is 96.0 Å². The van der Waals surface area contributed by atoms with Crippen molar-refractivity contribution < 1.29 is 22.7 Å². The molecule has 0 aliphatic heterocycles. The Morgan fingerprint density at radius 3 is 2.02 bits per heavy atom. The van der Waals surface area contributed by atoms with E-state index >= 15 is 0 Å². The second-order valence-corrected chi connectivity index (χ2v) is 14.4. The van der Waals surface area contributed by atoms with Gasteiger partial charge in [-0.05, 0) is 80.4 Å². The Hall–Kier alpha value is -4.15. The number of para-hydroxylation sites is 1. The Labute approximate surface area is 274 Å². The number of carbonyl (C=O) groups is 2. The Morgan fingerprint density at radius 1 is 0.844 bits per heavy atom. The van der Waals surface area contributed by atoms with Gasteiger partial charge in [-0.2, -0.15) is 0 Å². The van der Waals surface area contributed by atoms with Crippen molar-refractivity contribution in [3.8, 4) is 5.75 Å². The summed E-state index contributed by atoms with van der Waals surface area (Å²) in [6.07, 6.45) is 0.235. The molecule has 45 heavy (non-hydrogen) atoms. The number of methoxy groups -OCH3 is 1. The molecule has 8 nitrogen and oxygen atoms in total. The van der Waals surface area contributed by atoms with E-state index in [1.54, 1.807) is 42.5 Å². The smallest absolute Gasteiger partial charge is 0.264 e. The Balaban J connectivity index is 1.80. The van der Waals surface area contributed by atoms with Crippen LogP contribution in [0.2, 0.25) is 0 Å². The van der Waals surface area contributed by atoms with Gasteiger partial charge in [0.1, 0.15) is 18.3 Å². The minimum absolute atomic E-state index is 0.00445. The monoisotopic (exact) mass is 691 g/mol. The van der Waals surface area contributed by atoms with Crippen molar-refractivity contribution in [2.24, 2.45) is 0 Å². The molecule has 2 amide bonds. The molecule has 236 valence electrons. The van der Waals surface area contributed by atoms with E-state index in [0.29, 0.717) is 11.4 Å². The molecule has 4 aromatic rings. The van der Waals surface area contributed by atoms with Crippen LogP contribution in [-0.2, 0) is 32.6 Å². The maximum Gasteiger partial charge on any atom is 0.264 e. The van der Waals surface area contributed by atoms with Crippen molar-refractivity contribution in [2.45, 2.75) is 50.2 Å². The minimum Gasteiger partial charge on any atom is -0.497 e. The predicted octanol–water partition coefficient (Wildman–Crippen LogP) is 6.21. The molecule has 4 rings (SSSR count). The summed E-state index contributed by atoms with van der Waals surface area (Å²) in [4.78, 5) is 29.9. The second kappa shape index (κ2) is 14.8. The maximum absolute atomic E-state index is 14.5. The van der Waals surface area contributed by atoms with E-state index in [-0.39, 0.29) is 23.8 Å². The van der Waals surface area contributed by atoms with Gasteiger partial charge >= 0.3 is 0 Å². The van der Waals surface area contributed by atoms with Crippen molar-refractivity contribution in [2.75, 3.05) is 18.0 Å². The van der Waals surface area contributed by atoms with Gasteiger partial charge < -0.3 is 15.0 Å². The van der Waals surface area contributed by atoms with Gasteiger partial charge in [0.2, 0.25) is 11.8 Å². The Morgan fingerprint density at radius 2 is 1.44 bits per heavy atom. The lowest BCUT2D eigenvalue weighted by molar-refractivity contribution is -0.140. The first kappa shape index (κ1) is 33.7. The fourth-order valence-electron chi connectivity index (χ4n) is 4.84. The molecule has 0 radical (unpaired) electrons. The van der Waals surface area contributed by atoms with Crippen LogP contribution in [0, 0.1) is 0 Å². The Kier molecular flexibility index (Phi) is 11.1. The summed E-state index contributed by atoms with van der Waals surface area (Å²) in [5.74, 6) is -0.357. The third kappa shape index (κ3) is 9.18. The lowest BCUT2D eigenvalue weighted by Gasteiger charge is -2.35. The van der Waals surface area contributed by atoms with E-state index in [1.165, 1.54) is 24.1 Å². The lowest BCUT2D eigenvalue weighted by atomic mass is 10.0. The molecule has 0 aliphatic carbocycles. The first-order valence-corrected chi connectivity index (χ1v) is 16.7. The van der Waals surface area contributed by atoms with E-state index in [9.17, 15) is 18.0 Å². The van der Waals surface area contributed by atoms with Crippen LogP contribution < -0.4 is 14.4 Å². The van der Waals surface area contributed by atoms with Crippen molar-refractivity contribution >= 4 is 43.5 Å². The van der Waals surface area contributed by atoms with Gasteiger partial charge in [0.05, 0.1) is 17.7 Å². The molecule has 0 spiro atoms. The summed E-state index contributed by atoms with van der Waals surface area (Å²) in [6.45, 7) is 5.19. The van der Waals surface area contributed by atoms with E-state index < -0.39 is 34.1 Å². The zero-order valence-electron chi connectivity index (χ0n) is 25.8. The first-order valence-electron chi connectivity index (χ1n) is 14.5. The average molecular weight is 693 g/mol. The molecule has 0 aromatic heterocycles. The number of nitrogens with zero attached hydrogens (tertiary/aromatic N) is 2. The number of rotatable bonds is 12. The van der Waals surface area contributed by atoms with Gasteiger partial charge in [0.15, 0.2) is 0 Å². The van der Waals surface area contributed by atoms with Crippen molar-refractivity contribution in [1.82, 2.24) is 10.2 Å². The summed E-state index contributed by atoms with van der Waals surface area (Å²) in [7, 11) is -2.70. The molecular formula is C35H38BrN3O5S. The Bertz CT molecular complexity index is 1690. The largest absolute Gasteiger partial charge is 0.497 e. The summed E-state index contributed by atoms with van der Waals surface area (Å²) in [5.41, 5.74) is 1.40. The number of sulfonamides is 1. The van der Waals surface area contributed by atoms with Crippen LogP contribution in [0.4, 0.5) is 5.69 Å². The van der Waals surface area contributed by atoms with Crippen LogP contribution in [0.15, 0.2) is 119 Å². The van der Waals surface area contributed by atoms with Crippen LogP contribution in [-0.4, -0.2) is 50.4 Å². The highest BCUT2D eigenvalue weighted by atomic mass is 79.9. The van der Waals surface area contributed by atoms with Gasteiger partial charge in [0, 0.05) is 23.0 Å². The van der Waals surface area contributed by atoms with Crippen LogP contribution >= 0.6 is 15.9 Å². The maximum atomic E-state index is 14.5. The van der Waals surface area contributed by atoms with Crippen LogP contribution in [0.25, 0.3) is 0 Å². The molecule has 0 saturated heterocycles. The van der Waals surface area contributed by atoms with E-state index in [0.717, 1.165) is 19.9 Å². The number of anilines is 1. The standard InChI is InChI=1S/C35H38BrN3O5S/c1-35(2,3)37-34(41)32(23-26-12-7-5-8-13-26)38(24-27-14-11-15-28(36)22-27)33(40)25-39(29-16-9-6-10-17-29)45(42,43)31-20-18-30(44-4)19-21-31/h5-22,32H,23-25H2,1-4H3,(H,37,41). The molecule has 0 bridgehead atoms. The molecular weight excluding hydrogens is 654 g/mol. The van der Waals surface area contributed by atoms with Gasteiger partial charge in [-0.15, -0.1) is 0 Å². The fourth-order valence-corrected chi connectivity index (χ4v) is 6.70. The third-order valence-electron chi connectivity index (χ3n) is 6.98. The van der Waals surface area contributed by atoms with E-state index in [1.807, 2.05) is 75.4 Å². The number of nitrogens with one attached hydrogen (secondary N) is 1. The van der Waals surface area contributed by atoms with Crippen molar-refractivity contribution in [1.29, 1.82) is 0 Å². The van der Waals surface area contributed by atoms with Crippen molar-refractivity contribution in [3.05, 3.63) is 125 Å². The quantitative estimate of drug-likeness (QED) is 0.191. The first-order chi connectivity index (χ1) is 21.4. The number of ether oxygens (including phenoxy) is 1. The number of hydrogen-bond donors (Lipinski definition) is 1. The SMILES string of the molecule is COc1ccc(S(=O)(=O)N(CC(=O)N(Cc2cccc(Br)c2)C(Cc2ccccc2)C(=O)NC(C)(C)C)c2ccccc2)cc1. The summed E-state index contributed by atoms with van der Waals surface area (Å²) < 4.78 is 35.3. The number of amides is 2. The molecule has 1 N–H and O–H groups in total. The molecule has 0 fully saturated rings. The van der Waals surface area contributed by atoms with Gasteiger partial charge in [-0.3, -0.25) is 13.9 Å². The van der Waals surface area contributed by atoms with Gasteiger partial charge in [0.25, 0.3) is 10.0 Å². The summed E-state index contributed by atoms with van der Waals surface area (Å²) >= 11 is 3.50. The molecule has 0 aliphatic rings. The third-order valence-corrected chi connectivity index (χ3v) is 9.26. The summed E-state index contributed by atoms with van der Waals surface area (Å²) in [6, 6.07) is 30.5. The predicted molar refractivity (Wildman–Crippen MR) is 180 cm³/mol. The molecule has 10 heteroatoms. The van der Waals surface area contributed by atoms with Crippen LogP contribution in [0.3, 0.4) is 0 Å². The highest BCUT2D eigenvalue weighted by molar-refractivity contribution is 9.10. The number of halogens is 1.